The molecular formula is C21H21ClN4O2S. The fourth-order valence-corrected chi connectivity index (χ4v) is 3.26. The molecule has 0 aliphatic heterocycles. The average Bonchev–Trinajstić information content (AvgIpc) is 2.71. The summed E-state index contributed by atoms with van der Waals surface area (Å²) in [6.45, 7) is 1.38. The van der Waals surface area contributed by atoms with E-state index < -0.39 is 0 Å². The maximum atomic E-state index is 12.2. The van der Waals surface area contributed by atoms with Crippen molar-refractivity contribution in [1.29, 1.82) is 0 Å². The lowest BCUT2D eigenvalue weighted by molar-refractivity contribution is 0.0951. The smallest absolute Gasteiger partial charge is 0.252 e. The van der Waals surface area contributed by atoms with E-state index in [0.29, 0.717) is 33.8 Å². The maximum Gasteiger partial charge on any atom is 0.252 e. The summed E-state index contributed by atoms with van der Waals surface area (Å²) >= 11 is 7.37. The Morgan fingerprint density at radius 2 is 1.76 bits per heavy atom. The van der Waals surface area contributed by atoms with E-state index >= 15 is 0 Å². The van der Waals surface area contributed by atoms with Gasteiger partial charge in [0.15, 0.2) is 5.03 Å². The summed E-state index contributed by atoms with van der Waals surface area (Å²) in [4.78, 5) is 23.8. The molecule has 3 rings (SSSR count). The van der Waals surface area contributed by atoms with Crippen molar-refractivity contribution in [1.82, 2.24) is 20.2 Å². The zero-order valence-electron chi connectivity index (χ0n) is 16.1. The number of ether oxygens (including phenoxy) is 1. The fourth-order valence-electron chi connectivity index (χ4n) is 2.35. The van der Waals surface area contributed by atoms with Gasteiger partial charge >= 0.3 is 0 Å². The van der Waals surface area contributed by atoms with Gasteiger partial charge in [0.2, 0.25) is 0 Å². The molecule has 1 aromatic heterocycles. The zero-order chi connectivity index (χ0) is 20.6. The number of aromatic nitrogens is 2. The molecule has 0 saturated heterocycles. The van der Waals surface area contributed by atoms with E-state index in [9.17, 15) is 4.79 Å². The van der Waals surface area contributed by atoms with Crippen LogP contribution in [0.5, 0.6) is 11.6 Å². The number of carbonyl (C=O) groups is 1. The molecule has 0 saturated carbocycles. The lowest BCUT2D eigenvalue weighted by atomic mass is 10.2. The molecule has 0 aliphatic rings. The van der Waals surface area contributed by atoms with Gasteiger partial charge in [0, 0.05) is 41.0 Å². The highest BCUT2D eigenvalue weighted by Gasteiger charge is 2.11. The van der Waals surface area contributed by atoms with Crippen LogP contribution in [0.3, 0.4) is 0 Å². The van der Waals surface area contributed by atoms with Gasteiger partial charge in [-0.2, -0.15) is 0 Å². The zero-order valence-corrected chi connectivity index (χ0v) is 17.7. The molecule has 0 bridgehead atoms. The van der Waals surface area contributed by atoms with Crippen LogP contribution in [-0.2, 0) is 0 Å². The van der Waals surface area contributed by atoms with Gasteiger partial charge in [0.05, 0.1) is 0 Å². The molecule has 150 valence electrons. The highest BCUT2D eigenvalue weighted by atomic mass is 35.5. The van der Waals surface area contributed by atoms with Gasteiger partial charge in [-0.15, -0.1) is 0 Å². The summed E-state index contributed by atoms with van der Waals surface area (Å²) in [5.74, 6) is 0.862. The molecule has 8 heteroatoms. The summed E-state index contributed by atoms with van der Waals surface area (Å²) in [6, 6.07) is 14.4. The van der Waals surface area contributed by atoms with E-state index in [1.54, 1.807) is 36.7 Å². The SMILES string of the molecule is CN(C)CCNC(=O)c1ccc(Oc2nccnc2Sc2ccc(Cl)cc2)cc1. The minimum atomic E-state index is -0.114. The monoisotopic (exact) mass is 428 g/mol. The number of halogens is 1. The molecule has 2 aromatic carbocycles. The summed E-state index contributed by atoms with van der Waals surface area (Å²) < 4.78 is 5.89. The molecule has 3 aromatic rings. The second-order valence-corrected chi connectivity index (χ2v) is 7.91. The molecule has 1 amide bonds. The van der Waals surface area contributed by atoms with Gasteiger partial charge < -0.3 is 15.0 Å². The van der Waals surface area contributed by atoms with Crippen molar-refractivity contribution in [2.75, 3.05) is 27.2 Å². The third-order valence-electron chi connectivity index (χ3n) is 3.84. The number of hydrogen-bond acceptors (Lipinski definition) is 6. The quantitative estimate of drug-likeness (QED) is 0.574. The van der Waals surface area contributed by atoms with E-state index in [-0.39, 0.29) is 5.91 Å². The number of likely N-dealkylation sites (N-methyl/N-ethyl adjacent to an activating group) is 1. The number of hydrogen-bond donors (Lipinski definition) is 1. The van der Waals surface area contributed by atoms with E-state index in [4.69, 9.17) is 16.3 Å². The summed E-state index contributed by atoms with van der Waals surface area (Å²) in [5, 5.41) is 4.20. The standard InChI is InChI=1S/C21H21ClN4O2S/c1-26(2)14-13-23-19(27)15-3-7-17(8-4-15)28-20-21(25-12-11-24-20)29-18-9-5-16(22)6-10-18/h3-12H,13-14H2,1-2H3,(H,23,27). The average molecular weight is 429 g/mol. The van der Waals surface area contributed by atoms with E-state index in [2.05, 4.69) is 15.3 Å². The third-order valence-corrected chi connectivity index (χ3v) is 5.07. The summed E-state index contributed by atoms with van der Waals surface area (Å²) in [6.07, 6.45) is 3.19. The number of nitrogens with one attached hydrogen (secondary N) is 1. The highest BCUT2D eigenvalue weighted by molar-refractivity contribution is 7.99. The first kappa shape index (κ1) is 21.1. The van der Waals surface area contributed by atoms with Crippen molar-refractivity contribution in [2.24, 2.45) is 0 Å². The van der Waals surface area contributed by atoms with Crippen LogP contribution in [0.2, 0.25) is 5.02 Å². The number of benzene rings is 2. The Morgan fingerprint density at radius 1 is 1.07 bits per heavy atom. The predicted octanol–water partition coefficient (Wildman–Crippen LogP) is 4.36. The molecule has 29 heavy (non-hydrogen) atoms. The van der Waals surface area contributed by atoms with Crippen molar-refractivity contribution < 1.29 is 9.53 Å². The van der Waals surface area contributed by atoms with Gasteiger partial charge in [-0.1, -0.05) is 23.4 Å². The van der Waals surface area contributed by atoms with Gasteiger partial charge in [-0.3, -0.25) is 4.79 Å². The first-order valence-corrected chi connectivity index (χ1v) is 10.2. The molecule has 0 fully saturated rings. The number of carbonyl (C=O) groups excluding carboxylic acids is 1. The molecule has 0 spiro atoms. The third kappa shape index (κ3) is 6.45. The van der Waals surface area contributed by atoms with Crippen LogP contribution in [0.1, 0.15) is 10.4 Å². The Labute approximate surface area is 179 Å². The van der Waals surface area contributed by atoms with Crippen molar-refractivity contribution in [3.05, 3.63) is 71.5 Å². The van der Waals surface area contributed by atoms with Crippen LogP contribution in [-0.4, -0.2) is 48.0 Å². The lowest BCUT2D eigenvalue weighted by Gasteiger charge is -2.11. The molecule has 0 atom stereocenters. The Morgan fingerprint density at radius 3 is 2.45 bits per heavy atom. The molecule has 0 aliphatic carbocycles. The molecule has 1 heterocycles. The van der Waals surface area contributed by atoms with Crippen LogP contribution in [0.25, 0.3) is 0 Å². The summed E-state index contributed by atoms with van der Waals surface area (Å²) in [5.41, 5.74) is 0.575. The highest BCUT2D eigenvalue weighted by Crippen LogP contribution is 2.34. The topological polar surface area (TPSA) is 67.4 Å². The molecule has 1 N–H and O–H groups in total. The largest absolute Gasteiger partial charge is 0.437 e. The maximum absolute atomic E-state index is 12.2. The van der Waals surface area contributed by atoms with E-state index in [1.165, 1.54) is 11.8 Å². The fraction of sp³-hybridized carbons (Fsp3) is 0.190. The first-order valence-electron chi connectivity index (χ1n) is 8.96. The van der Waals surface area contributed by atoms with Crippen LogP contribution < -0.4 is 10.1 Å². The van der Waals surface area contributed by atoms with Crippen molar-refractivity contribution in [2.45, 2.75) is 9.92 Å². The number of rotatable bonds is 8. The lowest BCUT2D eigenvalue weighted by Crippen LogP contribution is -2.31. The van der Waals surface area contributed by atoms with Gasteiger partial charge in [0.1, 0.15) is 5.75 Å². The molecular weight excluding hydrogens is 408 g/mol. The van der Waals surface area contributed by atoms with Crippen LogP contribution in [0.4, 0.5) is 0 Å². The minimum Gasteiger partial charge on any atom is -0.437 e. The molecule has 0 radical (unpaired) electrons. The van der Waals surface area contributed by atoms with E-state index in [1.807, 2.05) is 43.3 Å². The Hall–Kier alpha value is -2.61. The Balaban J connectivity index is 1.66. The Bertz CT molecular complexity index is 950. The second-order valence-electron chi connectivity index (χ2n) is 6.41. The van der Waals surface area contributed by atoms with Gasteiger partial charge in [-0.25, -0.2) is 9.97 Å². The second kappa shape index (κ2) is 10.2. The predicted molar refractivity (Wildman–Crippen MR) is 115 cm³/mol. The normalized spacial score (nSPS) is 10.8. The van der Waals surface area contributed by atoms with E-state index in [0.717, 1.165) is 11.4 Å². The Kier molecular flexibility index (Phi) is 7.46. The van der Waals surface area contributed by atoms with Crippen molar-refractivity contribution >= 4 is 29.3 Å². The van der Waals surface area contributed by atoms with Crippen molar-refractivity contribution in [3.63, 3.8) is 0 Å². The number of amides is 1. The number of nitrogens with zero attached hydrogens (tertiary/aromatic N) is 3. The summed E-state index contributed by atoms with van der Waals surface area (Å²) in [7, 11) is 3.93. The van der Waals surface area contributed by atoms with Crippen LogP contribution in [0.15, 0.2) is 70.8 Å². The molecule has 6 nitrogen and oxygen atoms in total. The van der Waals surface area contributed by atoms with Crippen molar-refractivity contribution in [3.8, 4) is 11.6 Å². The van der Waals surface area contributed by atoms with Crippen LogP contribution >= 0.6 is 23.4 Å². The van der Waals surface area contributed by atoms with Crippen LogP contribution in [0, 0.1) is 0 Å². The first-order chi connectivity index (χ1) is 14.0. The van der Waals surface area contributed by atoms with Gasteiger partial charge in [-0.05, 0) is 62.6 Å². The molecule has 0 unspecified atom stereocenters. The van der Waals surface area contributed by atoms with Gasteiger partial charge in [0.25, 0.3) is 11.8 Å². The minimum absolute atomic E-state index is 0.114.